The Balaban J connectivity index is 2.39. The highest BCUT2D eigenvalue weighted by molar-refractivity contribution is 9.10. The summed E-state index contributed by atoms with van der Waals surface area (Å²) in [6.45, 7) is 0. The monoisotopic (exact) mass is 365 g/mol. The summed E-state index contributed by atoms with van der Waals surface area (Å²) in [6, 6.07) is 3.31. The van der Waals surface area contributed by atoms with Gasteiger partial charge in [0.15, 0.2) is 11.6 Å². The number of hydrogen-bond donors (Lipinski definition) is 3. The highest BCUT2D eigenvalue weighted by Crippen LogP contribution is 2.37. The largest absolute Gasteiger partial charge is 0.336 e. The third-order valence-electron chi connectivity index (χ3n) is 2.16. The third kappa shape index (κ3) is 3.06. The fourth-order valence-electron chi connectivity index (χ4n) is 1.27. The second kappa shape index (κ2) is 5.87. The first kappa shape index (κ1) is 14.3. The van der Waals surface area contributed by atoms with Crippen LogP contribution < -0.4 is 16.6 Å². The van der Waals surface area contributed by atoms with Crippen LogP contribution in [0, 0.1) is 5.82 Å². The van der Waals surface area contributed by atoms with Crippen LogP contribution in [0.25, 0.3) is 0 Å². The Kier molecular flexibility index (Phi) is 4.41. The number of halogens is 4. The molecule has 0 aliphatic rings. The van der Waals surface area contributed by atoms with Crippen LogP contribution in [-0.4, -0.2) is 9.97 Å². The second-order valence-corrected chi connectivity index (χ2v) is 4.99. The highest BCUT2D eigenvalue weighted by Gasteiger charge is 2.12. The fraction of sp³-hybridized carbons (Fsp3) is 0. The summed E-state index contributed by atoms with van der Waals surface area (Å²) in [7, 11) is 0. The molecule has 0 saturated heterocycles. The van der Waals surface area contributed by atoms with Crippen molar-refractivity contribution in [3.8, 4) is 0 Å². The predicted molar refractivity (Wildman–Crippen MR) is 77.2 cm³/mol. The van der Waals surface area contributed by atoms with E-state index in [4.69, 9.17) is 29.0 Å². The van der Waals surface area contributed by atoms with Crippen LogP contribution in [0.15, 0.2) is 22.8 Å². The molecule has 0 aliphatic heterocycles. The van der Waals surface area contributed by atoms with E-state index < -0.39 is 5.82 Å². The van der Waals surface area contributed by atoms with Gasteiger partial charge in [-0.1, -0.05) is 23.2 Å². The zero-order chi connectivity index (χ0) is 14.0. The molecule has 2 rings (SSSR count). The van der Waals surface area contributed by atoms with Gasteiger partial charge in [0.1, 0.15) is 0 Å². The number of anilines is 3. The Morgan fingerprint density at radius 3 is 2.68 bits per heavy atom. The van der Waals surface area contributed by atoms with Crippen molar-refractivity contribution in [3.05, 3.63) is 38.7 Å². The van der Waals surface area contributed by atoms with Gasteiger partial charge in [0.2, 0.25) is 5.95 Å². The summed E-state index contributed by atoms with van der Waals surface area (Å²) in [5.74, 6) is 4.52. The van der Waals surface area contributed by atoms with Gasteiger partial charge in [-0.05, 0) is 28.1 Å². The van der Waals surface area contributed by atoms with Gasteiger partial charge in [-0.3, -0.25) is 5.43 Å². The van der Waals surface area contributed by atoms with Gasteiger partial charge in [-0.25, -0.2) is 15.2 Å². The van der Waals surface area contributed by atoms with Crippen molar-refractivity contribution in [2.24, 2.45) is 5.84 Å². The van der Waals surface area contributed by atoms with Crippen molar-refractivity contribution in [1.82, 2.24) is 9.97 Å². The van der Waals surface area contributed by atoms with Gasteiger partial charge in [0, 0.05) is 4.47 Å². The molecule has 100 valence electrons. The van der Waals surface area contributed by atoms with Crippen molar-refractivity contribution in [2.45, 2.75) is 0 Å². The number of nitrogen functional groups attached to an aromatic ring is 1. The van der Waals surface area contributed by atoms with Crippen molar-refractivity contribution in [1.29, 1.82) is 0 Å². The minimum Gasteiger partial charge on any atom is -0.336 e. The van der Waals surface area contributed by atoms with Gasteiger partial charge in [-0.15, -0.1) is 0 Å². The number of hydrogen-bond acceptors (Lipinski definition) is 5. The first-order valence-corrected chi connectivity index (χ1v) is 6.47. The summed E-state index contributed by atoms with van der Waals surface area (Å²) in [4.78, 5) is 7.46. The van der Waals surface area contributed by atoms with Crippen LogP contribution in [0.3, 0.4) is 0 Å². The van der Waals surface area contributed by atoms with E-state index in [1.165, 1.54) is 0 Å². The van der Waals surface area contributed by atoms with E-state index in [0.29, 0.717) is 15.2 Å². The van der Waals surface area contributed by atoms with Crippen molar-refractivity contribution in [3.63, 3.8) is 0 Å². The molecule has 5 nitrogen and oxygen atoms in total. The molecule has 4 N–H and O–H groups in total. The maximum atomic E-state index is 13.6. The Labute approximate surface area is 126 Å². The van der Waals surface area contributed by atoms with E-state index >= 15 is 0 Å². The van der Waals surface area contributed by atoms with Gasteiger partial charge in [0.25, 0.3) is 0 Å². The Morgan fingerprint density at radius 1 is 1.26 bits per heavy atom. The Hall–Kier alpha value is -1.15. The molecule has 2 aromatic rings. The molecule has 0 unspecified atom stereocenters. The van der Waals surface area contributed by atoms with Crippen molar-refractivity contribution >= 4 is 56.6 Å². The summed E-state index contributed by atoms with van der Waals surface area (Å²) in [5, 5.41) is 3.29. The predicted octanol–water partition coefficient (Wildman–Crippen LogP) is 3.71. The normalized spacial score (nSPS) is 10.4. The van der Waals surface area contributed by atoms with Gasteiger partial charge >= 0.3 is 0 Å². The lowest BCUT2D eigenvalue weighted by Gasteiger charge is -2.11. The van der Waals surface area contributed by atoms with Gasteiger partial charge in [0.05, 0.1) is 21.9 Å². The average molecular weight is 367 g/mol. The molecule has 1 heterocycles. The fourth-order valence-corrected chi connectivity index (χ4v) is 2.10. The Bertz CT molecular complexity index is 625. The number of nitrogens with one attached hydrogen (secondary N) is 2. The summed E-state index contributed by atoms with van der Waals surface area (Å²) in [5.41, 5.74) is 2.63. The van der Waals surface area contributed by atoms with E-state index in [0.717, 1.165) is 6.20 Å². The molecule has 0 aliphatic carbocycles. The number of nitrogens with zero attached hydrogens (tertiary/aromatic N) is 2. The van der Waals surface area contributed by atoms with Gasteiger partial charge in [-0.2, -0.15) is 4.98 Å². The standard InChI is InChI=1S/C10H7BrCl2FN5/c11-4-1-2-6(8(13)7(4)12)17-9-5(14)3-16-10(18-9)19-15/h1-3H,15H2,(H2,16,17,18,19). The topological polar surface area (TPSA) is 75.9 Å². The number of aromatic nitrogens is 2. The number of nitrogens with two attached hydrogens (primary N) is 1. The van der Waals surface area contributed by atoms with Crippen LogP contribution >= 0.6 is 39.1 Å². The quantitative estimate of drug-likeness (QED) is 0.438. The first-order valence-electron chi connectivity index (χ1n) is 4.92. The van der Waals surface area contributed by atoms with Crippen LogP contribution in [0.1, 0.15) is 0 Å². The molecule has 0 fully saturated rings. The lowest BCUT2D eigenvalue weighted by atomic mass is 10.3. The summed E-state index contributed by atoms with van der Waals surface area (Å²) in [6.07, 6.45) is 0.985. The molecule has 9 heteroatoms. The molecule has 0 spiro atoms. The highest BCUT2D eigenvalue weighted by atomic mass is 79.9. The van der Waals surface area contributed by atoms with Gasteiger partial charge < -0.3 is 5.32 Å². The molecule has 0 amide bonds. The van der Waals surface area contributed by atoms with Crippen molar-refractivity contribution < 1.29 is 4.39 Å². The second-order valence-electron chi connectivity index (χ2n) is 3.38. The van der Waals surface area contributed by atoms with Crippen LogP contribution in [0.2, 0.25) is 10.0 Å². The van der Waals surface area contributed by atoms with E-state index in [-0.39, 0.29) is 16.8 Å². The number of benzene rings is 1. The molecule has 0 radical (unpaired) electrons. The number of rotatable bonds is 3. The zero-order valence-electron chi connectivity index (χ0n) is 9.22. The Morgan fingerprint density at radius 2 is 2.00 bits per heavy atom. The molecule has 19 heavy (non-hydrogen) atoms. The van der Waals surface area contributed by atoms with E-state index in [2.05, 4.69) is 36.6 Å². The van der Waals surface area contributed by atoms with Crippen LogP contribution in [-0.2, 0) is 0 Å². The number of hydrazine groups is 1. The molecule has 0 saturated carbocycles. The molecule has 1 aromatic heterocycles. The molecular weight excluding hydrogens is 360 g/mol. The van der Waals surface area contributed by atoms with Crippen LogP contribution in [0.5, 0.6) is 0 Å². The average Bonchev–Trinajstić information content (AvgIpc) is 2.41. The third-order valence-corrected chi connectivity index (χ3v) is 3.93. The SMILES string of the molecule is NNc1ncc(F)c(Nc2ccc(Br)c(Cl)c2Cl)n1. The minimum atomic E-state index is -0.644. The minimum absolute atomic E-state index is 0.0664. The van der Waals surface area contributed by atoms with E-state index in [9.17, 15) is 4.39 Å². The van der Waals surface area contributed by atoms with E-state index in [1.807, 2.05) is 0 Å². The molecule has 1 aromatic carbocycles. The lowest BCUT2D eigenvalue weighted by Crippen LogP contribution is -2.12. The van der Waals surface area contributed by atoms with Crippen molar-refractivity contribution in [2.75, 3.05) is 10.7 Å². The summed E-state index contributed by atoms with van der Waals surface area (Å²) < 4.78 is 14.2. The molecule has 0 atom stereocenters. The molecule has 0 bridgehead atoms. The lowest BCUT2D eigenvalue weighted by molar-refractivity contribution is 0.619. The maximum Gasteiger partial charge on any atom is 0.239 e. The van der Waals surface area contributed by atoms with E-state index in [1.54, 1.807) is 12.1 Å². The maximum absolute atomic E-state index is 13.6. The zero-order valence-corrected chi connectivity index (χ0v) is 12.3. The summed E-state index contributed by atoms with van der Waals surface area (Å²) >= 11 is 15.2. The smallest absolute Gasteiger partial charge is 0.239 e. The molecular formula is C10H7BrCl2FN5. The van der Waals surface area contributed by atoms with Crippen LogP contribution in [0.4, 0.5) is 21.8 Å². The first-order chi connectivity index (χ1) is 9.02.